The monoisotopic (exact) mass is 311 g/mol. The van der Waals surface area contributed by atoms with E-state index in [0.717, 1.165) is 11.0 Å². The standard InChI is InChI=1S/C11H14BrN5O/c1-4-13-10-14-9(8-7(12)5-6-18-8)15-11(16-10)17(2)3/h5-6H,4H2,1-3H3,(H,13,14,15,16). The molecule has 0 saturated carbocycles. The Hall–Kier alpha value is -1.63. The first-order valence-corrected chi connectivity index (χ1v) is 6.31. The maximum absolute atomic E-state index is 5.37. The molecule has 0 aromatic carbocycles. The molecule has 0 saturated heterocycles. The van der Waals surface area contributed by atoms with Gasteiger partial charge in [0.25, 0.3) is 0 Å². The van der Waals surface area contributed by atoms with E-state index in [1.807, 2.05) is 25.9 Å². The number of hydrogen-bond donors (Lipinski definition) is 1. The average molecular weight is 312 g/mol. The summed E-state index contributed by atoms with van der Waals surface area (Å²) in [6.07, 6.45) is 1.59. The fraction of sp³-hybridized carbons (Fsp3) is 0.364. The molecule has 0 aliphatic rings. The van der Waals surface area contributed by atoms with Crippen molar-refractivity contribution in [3.63, 3.8) is 0 Å². The molecule has 0 unspecified atom stereocenters. The van der Waals surface area contributed by atoms with Gasteiger partial charge in [-0.1, -0.05) is 0 Å². The number of nitrogens with one attached hydrogen (secondary N) is 1. The minimum absolute atomic E-state index is 0.501. The summed E-state index contributed by atoms with van der Waals surface area (Å²) in [5.74, 6) is 2.22. The van der Waals surface area contributed by atoms with E-state index >= 15 is 0 Å². The topological polar surface area (TPSA) is 67.1 Å². The summed E-state index contributed by atoms with van der Waals surface area (Å²) < 4.78 is 6.19. The summed E-state index contributed by atoms with van der Waals surface area (Å²) in [6.45, 7) is 2.73. The lowest BCUT2D eigenvalue weighted by Crippen LogP contribution is -2.15. The molecule has 0 aliphatic carbocycles. The highest BCUT2D eigenvalue weighted by Crippen LogP contribution is 2.27. The third kappa shape index (κ3) is 2.61. The predicted octanol–water partition coefficient (Wildman–Crippen LogP) is 2.39. The van der Waals surface area contributed by atoms with Gasteiger partial charge in [-0.2, -0.15) is 15.0 Å². The van der Waals surface area contributed by atoms with Gasteiger partial charge in [0.05, 0.1) is 10.7 Å². The van der Waals surface area contributed by atoms with Crippen LogP contribution in [0.5, 0.6) is 0 Å². The summed E-state index contributed by atoms with van der Waals surface area (Å²) >= 11 is 3.40. The molecule has 96 valence electrons. The van der Waals surface area contributed by atoms with Crippen LogP contribution < -0.4 is 10.2 Å². The summed E-state index contributed by atoms with van der Waals surface area (Å²) in [4.78, 5) is 14.8. The fourth-order valence-corrected chi connectivity index (χ4v) is 1.74. The van der Waals surface area contributed by atoms with Gasteiger partial charge >= 0.3 is 0 Å². The van der Waals surface area contributed by atoms with Crippen LogP contribution in [0.4, 0.5) is 11.9 Å². The second-order valence-electron chi connectivity index (χ2n) is 3.81. The molecule has 0 aliphatic heterocycles. The molecule has 0 atom stereocenters. The van der Waals surface area contributed by atoms with Crippen molar-refractivity contribution in [1.29, 1.82) is 0 Å². The summed E-state index contributed by atoms with van der Waals surface area (Å²) in [5, 5.41) is 3.08. The number of aromatic nitrogens is 3. The van der Waals surface area contributed by atoms with Crippen molar-refractivity contribution in [2.24, 2.45) is 0 Å². The van der Waals surface area contributed by atoms with Crippen LogP contribution in [0, 0.1) is 0 Å². The molecule has 6 nitrogen and oxygen atoms in total. The Morgan fingerprint density at radius 2 is 2.11 bits per heavy atom. The van der Waals surface area contributed by atoms with Crippen molar-refractivity contribution in [3.8, 4) is 11.6 Å². The third-order valence-corrected chi connectivity index (χ3v) is 2.80. The minimum atomic E-state index is 0.501. The van der Waals surface area contributed by atoms with E-state index < -0.39 is 0 Å². The van der Waals surface area contributed by atoms with Gasteiger partial charge in [0, 0.05) is 20.6 Å². The molecular weight excluding hydrogens is 298 g/mol. The van der Waals surface area contributed by atoms with Gasteiger partial charge in [-0.05, 0) is 28.9 Å². The lowest BCUT2D eigenvalue weighted by Gasteiger charge is -2.12. The molecular formula is C11H14BrN5O. The zero-order valence-electron chi connectivity index (χ0n) is 10.4. The van der Waals surface area contributed by atoms with Crippen molar-refractivity contribution >= 4 is 27.8 Å². The van der Waals surface area contributed by atoms with Crippen LogP contribution in [0.1, 0.15) is 6.92 Å². The number of hydrogen-bond acceptors (Lipinski definition) is 6. The molecule has 7 heteroatoms. The molecule has 0 spiro atoms. The van der Waals surface area contributed by atoms with E-state index in [1.54, 1.807) is 12.3 Å². The third-order valence-electron chi connectivity index (χ3n) is 2.18. The molecule has 18 heavy (non-hydrogen) atoms. The van der Waals surface area contributed by atoms with Crippen molar-refractivity contribution in [2.75, 3.05) is 30.9 Å². The Morgan fingerprint density at radius 1 is 1.33 bits per heavy atom. The van der Waals surface area contributed by atoms with Gasteiger partial charge in [-0.3, -0.25) is 0 Å². The van der Waals surface area contributed by atoms with Crippen LogP contribution in [0.25, 0.3) is 11.6 Å². The normalized spacial score (nSPS) is 10.4. The van der Waals surface area contributed by atoms with Gasteiger partial charge in [-0.15, -0.1) is 0 Å². The van der Waals surface area contributed by atoms with Gasteiger partial charge in [-0.25, -0.2) is 0 Å². The molecule has 2 aromatic rings. The first kappa shape index (κ1) is 12.8. The number of furan rings is 1. The molecule has 0 amide bonds. The largest absolute Gasteiger partial charge is 0.460 e. The Kier molecular flexibility index (Phi) is 3.81. The average Bonchev–Trinajstić information content (AvgIpc) is 2.75. The first-order valence-electron chi connectivity index (χ1n) is 5.52. The smallest absolute Gasteiger partial charge is 0.230 e. The maximum atomic E-state index is 5.37. The van der Waals surface area contributed by atoms with Crippen LogP contribution in [-0.4, -0.2) is 35.6 Å². The van der Waals surface area contributed by atoms with E-state index in [1.165, 1.54) is 0 Å². The first-order chi connectivity index (χ1) is 8.61. The maximum Gasteiger partial charge on any atom is 0.230 e. The zero-order chi connectivity index (χ0) is 13.1. The van der Waals surface area contributed by atoms with Crippen LogP contribution in [0.15, 0.2) is 21.2 Å². The van der Waals surface area contributed by atoms with Gasteiger partial charge < -0.3 is 14.6 Å². The lowest BCUT2D eigenvalue weighted by atomic mass is 10.4. The lowest BCUT2D eigenvalue weighted by molar-refractivity contribution is 0.575. The van der Waals surface area contributed by atoms with Crippen LogP contribution in [0.2, 0.25) is 0 Å². The quantitative estimate of drug-likeness (QED) is 0.935. The van der Waals surface area contributed by atoms with E-state index in [2.05, 4.69) is 36.2 Å². The Labute approximate surface area is 114 Å². The molecule has 1 N–H and O–H groups in total. The van der Waals surface area contributed by atoms with Gasteiger partial charge in [0.2, 0.25) is 17.7 Å². The van der Waals surface area contributed by atoms with E-state index in [9.17, 15) is 0 Å². The zero-order valence-corrected chi connectivity index (χ0v) is 12.0. The SMILES string of the molecule is CCNc1nc(-c2occc2Br)nc(N(C)C)n1. The van der Waals surface area contributed by atoms with Crippen LogP contribution >= 0.6 is 15.9 Å². The Bertz CT molecular complexity index is 540. The number of nitrogens with zero attached hydrogens (tertiary/aromatic N) is 4. The van der Waals surface area contributed by atoms with E-state index in [0.29, 0.717) is 23.5 Å². The molecule has 2 aromatic heterocycles. The minimum Gasteiger partial charge on any atom is -0.460 e. The highest BCUT2D eigenvalue weighted by molar-refractivity contribution is 9.10. The number of rotatable bonds is 4. The van der Waals surface area contributed by atoms with Gasteiger partial charge in [0.1, 0.15) is 0 Å². The van der Waals surface area contributed by atoms with Crippen molar-refractivity contribution in [2.45, 2.75) is 6.92 Å². The highest BCUT2D eigenvalue weighted by Gasteiger charge is 2.14. The predicted molar refractivity (Wildman–Crippen MR) is 73.7 cm³/mol. The van der Waals surface area contributed by atoms with Crippen molar-refractivity contribution in [1.82, 2.24) is 15.0 Å². The number of anilines is 2. The molecule has 0 fully saturated rings. The molecule has 2 rings (SSSR count). The highest BCUT2D eigenvalue weighted by atomic mass is 79.9. The van der Waals surface area contributed by atoms with Crippen molar-refractivity contribution in [3.05, 3.63) is 16.8 Å². The summed E-state index contributed by atoms with van der Waals surface area (Å²) in [6, 6.07) is 1.81. The summed E-state index contributed by atoms with van der Waals surface area (Å²) in [5.41, 5.74) is 0. The van der Waals surface area contributed by atoms with Crippen molar-refractivity contribution < 1.29 is 4.42 Å². The Morgan fingerprint density at radius 3 is 2.67 bits per heavy atom. The molecule has 0 bridgehead atoms. The van der Waals surface area contributed by atoms with Crippen LogP contribution in [0.3, 0.4) is 0 Å². The molecule has 2 heterocycles. The fourth-order valence-electron chi connectivity index (χ4n) is 1.36. The van der Waals surface area contributed by atoms with Gasteiger partial charge in [0.15, 0.2) is 5.76 Å². The second kappa shape index (κ2) is 5.34. The van der Waals surface area contributed by atoms with E-state index in [-0.39, 0.29) is 0 Å². The Balaban J connectivity index is 2.50. The molecule has 0 radical (unpaired) electrons. The second-order valence-corrected chi connectivity index (χ2v) is 4.66. The van der Waals surface area contributed by atoms with E-state index in [4.69, 9.17) is 4.42 Å². The van der Waals surface area contributed by atoms with Crippen LogP contribution in [-0.2, 0) is 0 Å². The summed E-state index contributed by atoms with van der Waals surface area (Å²) in [7, 11) is 3.76. The number of halogens is 1.